The zero-order valence-electron chi connectivity index (χ0n) is 11.8. The Morgan fingerprint density at radius 2 is 1.95 bits per heavy atom. The number of aromatic hydroxyl groups is 1. The number of nitrogens with one attached hydrogen (secondary N) is 1. The molecule has 0 aliphatic carbocycles. The number of halogens is 1. The minimum absolute atomic E-state index is 0.160. The van der Waals surface area contributed by atoms with Gasteiger partial charge in [-0.2, -0.15) is 0 Å². The molecule has 0 saturated carbocycles. The van der Waals surface area contributed by atoms with E-state index in [1.165, 1.54) is 0 Å². The van der Waals surface area contributed by atoms with Gasteiger partial charge in [0.2, 0.25) is 0 Å². The molecule has 0 aliphatic heterocycles. The molecule has 0 unspecified atom stereocenters. The molecule has 5 heteroatoms. The maximum atomic E-state index is 10.1. The highest BCUT2D eigenvalue weighted by molar-refractivity contribution is 6.30. The average Bonchev–Trinajstić information content (AvgIpc) is 3.03. The van der Waals surface area contributed by atoms with E-state index in [1.807, 2.05) is 30.3 Å². The molecule has 2 aromatic carbocycles. The van der Waals surface area contributed by atoms with Gasteiger partial charge in [0.15, 0.2) is 0 Å². The van der Waals surface area contributed by atoms with Crippen LogP contribution in [-0.4, -0.2) is 21.7 Å². The van der Waals surface area contributed by atoms with Crippen LogP contribution in [0.5, 0.6) is 11.5 Å². The summed E-state index contributed by atoms with van der Waals surface area (Å²) in [6, 6.07) is 12.9. The molecule has 0 saturated heterocycles. The summed E-state index contributed by atoms with van der Waals surface area (Å²) < 4.78 is 5.84. The molecule has 3 aromatic rings. The smallest absolute Gasteiger partial charge is 0.132 e. The summed E-state index contributed by atoms with van der Waals surface area (Å²) in [5.41, 5.74) is 2.49. The molecule has 0 aliphatic rings. The Bertz CT molecular complexity index is 740. The van der Waals surface area contributed by atoms with Gasteiger partial charge in [-0.15, -0.1) is 0 Å². The number of aromatic nitrogens is 2. The van der Waals surface area contributed by atoms with Crippen molar-refractivity contribution < 1.29 is 9.84 Å². The van der Waals surface area contributed by atoms with Crippen molar-refractivity contribution in [2.24, 2.45) is 0 Å². The van der Waals surface area contributed by atoms with Crippen LogP contribution in [0.25, 0.3) is 11.3 Å². The van der Waals surface area contributed by atoms with E-state index >= 15 is 0 Å². The Balaban J connectivity index is 1.73. The van der Waals surface area contributed by atoms with Gasteiger partial charge in [-0.3, -0.25) is 0 Å². The van der Waals surface area contributed by atoms with Gasteiger partial charge in [-0.05, 0) is 29.8 Å². The molecule has 4 nitrogen and oxygen atoms in total. The van der Waals surface area contributed by atoms with Crippen LogP contribution >= 0.6 is 11.6 Å². The zero-order chi connectivity index (χ0) is 15.4. The lowest BCUT2D eigenvalue weighted by atomic mass is 10.1. The van der Waals surface area contributed by atoms with Crippen LogP contribution in [0.15, 0.2) is 55.0 Å². The van der Waals surface area contributed by atoms with Crippen LogP contribution in [0.4, 0.5) is 0 Å². The van der Waals surface area contributed by atoms with Crippen LogP contribution in [0.3, 0.4) is 0 Å². The molecule has 0 fully saturated rings. The quantitative estimate of drug-likeness (QED) is 0.746. The number of phenols is 1. The Kier molecular flexibility index (Phi) is 4.30. The van der Waals surface area contributed by atoms with Crippen molar-refractivity contribution in [2.75, 3.05) is 6.61 Å². The average molecular weight is 315 g/mol. The molecule has 0 radical (unpaired) electrons. The Morgan fingerprint density at radius 1 is 1.14 bits per heavy atom. The fourth-order valence-corrected chi connectivity index (χ4v) is 2.36. The fraction of sp³-hybridized carbons (Fsp3) is 0.118. The van der Waals surface area contributed by atoms with E-state index in [4.69, 9.17) is 16.3 Å². The molecule has 2 N–H and O–H groups in total. The fourth-order valence-electron chi connectivity index (χ4n) is 2.23. The van der Waals surface area contributed by atoms with E-state index in [1.54, 1.807) is 24.7 Å². The van der Waals surface area contributed by atoms with Gasteiger partial charge in [0, 0.05) is 11.4 Å². The van der Waals surface area contributed by atoms with Crippen LogP contribution in [0.1, 0.15) is 5.56 Å². The highest BCUT2D eigenvalue weighted by atomic mass is 35.5. The van der Waals surface area contributed by atoms with Crippen LogP contribution in [0, 0.1) is 0 Å². The van der Waals surface area contributed by atoms with Crippen molar-refractivity contribution in [1.29, 1.82) is 0 Å². The number of nitrogens with zero attached hydrogens (tertiary/aromatic N) is 1. The lowest BCUT2D eigenvalue weighted by Gasteiger charge is -2.12. The van der Waals surface area contributed by atoms with Gasteiger partial charge in [0.25, 0.3) is 0 Å². The maximum Gasteiger partial charge on any atom is 0.132 e. The number of ether oxygens (including phenoxy) is 1. The summed E-state index contributed by atoms with van der Waals surface area (Å²) in [4.78, 5) is 6.97. The molecule has 0 spiro atoms. The second-order valence-electron chi connectivity index (χ2n) is 4.84. The predicted molar refractivity (Wildman–Crippen MR) is 86.3 cm³/mol. The highest BCUT2D eigenvalue weighted by Gasteiger charge is 2.12. The molecule has 3 rings (SSSR count). The van der Waals surface area contributed by atoms with Crippen LogP contribution in [-0.2, 0) is 6.42 Å². The van der Waals surface area contributed by atoms with Crippen molar-refractivity contribution in [1.82, 2.24) is 9.97 Å². The van der Waals surface area contributed by atoms with Crippen LogP contribution in [0.2, 0.25) is 5.02 Å². The maximum absolute atomic E-state index is 10.1. The summed E-state index contributed by atoms with van der Waals surface area (Å²) in [5.74, 6) is 0.784. The van der Waals surface area contributed by atoms with Gasteiger partial charge in [0.1, 0.15) is 11.5 Å². The third kappa shape index (κ3) is 3.23. The van der Waals surface area contributed by atoms with Crippen molar-refractivity contribution >= 4 is 11.6 Å². The third-order valence-corrected chi connectivity index (χ3v) is 3.59. The molecule has 0 bridgehead atoms. The number of hydrogen-bond donors (Lipinski definition) is 2. The van der Waals surface area contributed by atoms with Crippen molar-refractivity contribution in [3.63, 3.8) is 0 Å². The number of H-pyrrole nitrogens is 1. The molecule has 0 atom stereocenters. The standard InChI is InChI=1S/C17H15ClN2O2/c18-13-6-4-12(5-7-13)8-9-22-16-3-1-2-15(21)17(16)14-10-19-11-20-14/h1-7,10-11,21H,8-9H2,(H,19,20). The molecule has 112 valence electrons. The number of phenolic OH excluding ortho intramolecular Hbond substituents is 1. The first-order valence-electron chi connectivity index (χ1n) is 6.92. The molecule has 0 amide bonds. The van der Waals surface area contributed by atoms with E-state index in [-0.39, 0.29) is 5.75 Å². The number of aromatic amines is 1. The van der Waals surface area contributed by atoms with Crippen molar-refractivity contribution in [3.05, 3.63) is 65.6 Å². The number of rotatable bonds is 5. The number of imidazole rings is 1. The first-order valence-corrected chi connectivity index (χ1v) is 7.30. The normalized spacial score (nSPS) is 10.6. The topological polar surface area (TPSA) is 58.1 Å². The summed E-state index contributed by atoms with van der Waals surface area (Å²) in [6.45, 7) is 0.506. The van der Waals surface area contributed by atoms with Gasteiger partial charge in [0.05, 0.1) is 30.4 Å². The summed E-state index contributed by atoms with van der Waals surface area (Å²) in [6.07, 6.45) is 3.98. The van der Waals surface area contributed by atoms with E-state index in [9.17, 15) is 5.11 Å². The Labute approximate surface area is 133 Å². The van der Waals surface area contributed by atoms with E-state index in [2.05, 4.69) is 9.97 Å². The molecule has 1 heterocycles. The largest absolute Gasteiger partial charge is 0.507 e. The van der Waals surface area contributed by atoms with Crippen LogP contribution < -0.4 is 4.74 Å². The summed E-state index contributed by atoms with van der Waals surface area (Å²) in [5, 5.41) is 10.8. The minimum atomic E-state index is 0.160. The Hall–Kier alpha value is -2.46. The summed E-state index contributed by atoms with van der Waals surface area (Å²) >= 11 is 5.87. The van der Waals surface area contributed by atoms with Gasteiger partial charge in [-0.25, -0.2) is 4.98 Å². The Morgan fingerprint density at radius 3 is 2.68 bits per heavy atom. The minimum Gasteiger partial charge on any atom is -0.507 e. The highest BCUT2D eigenvalue weighted by Crippen LogP contribution is 2.36. The summed E-state index contributed by atoms with van der Waals surface area (Å²) in [7, 11) is 0. The van der Waals surface area contributed by atoms with Crippen molar-refractivity contribution in [3.8, 4) is 22.8 Å². The van der Waals surface area contributed by atoms with Gasteiger partial charge < -0.3 is 14.8 Å². The predicted octanol–water partition coefficient (Wildman–Crippen LogP) is 4.06. The molecular formula is C17H15ClN2O2. The lowest BCUT2D eigenvalue weighted by Crippen LogP contribution is -2.02. The first kappa shape index (κ1) is 14.5. The van der Waals surface area contributed by atoms with E-state index in [0.29, 0.717) is 17.9 Å². The van der Waals surface area contributed by atoms with Gasteiger partial charge in [-0.1, -0.05) is 29.8 Å². The van der Waals surface area contributed by atoms with E-state index < -0.39 is 0 Å². The van der Waals surface area contributed by atoms with E-state index in [0.717, 1.165) is 22.7 Å². The second-order valence-corrected chi connectivity index (χ2v) is 5.28. The number of hydrogen-bond acceptors (Lipinski definition) is 3. The molecule has 22 heavy (non-hydrogen) atoms. The zero-order valence-corrected chi connectivity index (χ0v) is 12.5. The lowest BCUT2D eigenvalue weighted by molar-refractivity contribution is 0.321. The van der Waals surface area contributed by atoms with Gasteiger partial charge >= 0.3 is 0 Å². The molecule has 1 aromatic heterocycles. The second kappa shape index (κ2) is 6.54. The SMILES string of the molecule is Oc1cccc(OCCc2ccc(Cl)cc2)c1-c1cnc[nH]1. The monoisotopic (exact) mass is 314 g/mol. The van der Waals surface area contributed by atoms with Crippen molar-refractivity contribution in [2.45, 2.75) is 6.42 Å². The third-order valence-electron chi connectivity index (χ3n) is 3.33. The first-order chi connectivity index (χ1) is 10.7. The number of benzene rings is 2. The molecular weight excluding hydrogens is 300 g/mol.